The Morgan fingerprint density at radius 2 is 1.74 bits per heavy atom. The zero-order valence-corrected chi connectivity index (χ0v) is 22.9. The summed E-state index contributed by atoms with van der Waals surface area (Å²) in [6, 6.07) is 10.4. The van der Waals surface area contributed by atoms with Crippen LogP contribution in [-0.2, 0) is 11.2 Å². The second-order valence-electron chi connectivity index (χ2n) is 10.2. The zero-order valence-electron chi connectivity index (χ0n) is 22.9. The van der Waals surface area contributed by atoms with Crippen LogP contribution in [0.3, 0.4) is 0 Å². The fourth-order valence-corrected chi connectivity index (χ4v) is 4.92. The topological polar surface area (TPSA) is 100 Å². The molecule has 0 saturated carbocycles. The highest BCUT2D eigenvalue weighted by molar-refractivity contribution is 5.81. The number of halogens is 6. The molecule has 1 N–H and O–H groups in total. The van der Waals surface area contributed by atoms with Gasteiger partial charge < -0.3 is 14.6 Å². The smallest absolute Gasteiger partial charge is 0.422 e. The number of rotatable bonds is 8. The van der Waals surface area contributed by atoms with Crippen LogP contribution in [0.25, 0.3) is 22.3 Å². The van der Waals surface area contributed by atoms with Gasteiger partial charge in [-0.3, -0.25) is 14.7 Å². The molecule has 0 aliphatic carbocycles. The minimum atomic E-state index is -4.52. The van der Waals surface area contributed by atoms with E-state index in [-0.39, 0.29) is 25.0 Å². The van der Waals surface area contributed by atoms with E-state index in [1.807, 2.05) is 19.1 Å². The van der Waals surface area contributed by atoms with Gasteiger partial charge >= 0.3 is 12.4 Å². The number of pyridine rings is 1. The number of amides is 1. The van der Waals surface area contributed by atoms with Gasteiger partial charge in [-0.15, -0.1) is 0 Å². The lowest BCUT2D eigenvalue weighted by Crippen LogP contribution is -2.50. The number of fused-ring (bicyclic) bond motifs is 1. The molecule has 0 radical (unpaired) electrons. The predicted octanol–water partition coefficient (Wildman–Crippen LogP) is 5.10. The number of nitrogens with zero attached hydrogens (tertiary/aromatic N) is 6. The number of aromatic nitrogens is 5. The van der Waals surface area contributed by atoms with E-state index in [0.29, 0.717) is 47.6 Å². The molecule has 4 heterocycles. The van der Waals surface area contributed by atoms with E-state index in [4.69, 9.17) is 4.74 Å². The molecule has 1 aromatic carbocycles. The molecule has 1 unspecified atom stereocenters. The number of H-pyrrole nitrogens is 1. The number of carbonyl (C=O) groups is 1. The van der Waals surface area contributed by atoms with Crippen LogP contribution in [0.2, 0.25) is 0 Å². The summed E-state index contributed by atoms with van der Waals surface area (Å²) in [5, 5.41) is 0. The summed E-state index contributed by atoms with van der Waals surface area (Å²) < 4.78 is 80.0. The standard InChI is InChI=1S/C28H27F6N7O2/c1-17(40-6-8-41(9-7-40)26(42)14-27(29,30)31)18-4-5-35-20(10-18)12-24-38-21-3-2-19(11-23(21)39-24)22-13-25(37-16-36-22)43-15-28(32,33)34/h2-5,10-11,13,16-17H,6-9,12,14-15H2,1H3,(H,38,39). The monoisotopic (exact) mass is 607 g/mol. The van der Waals surface area contributed by atoms with Crippen LogP contribution in [0.4, 0.5) is 26.3 Å². The highest BCUT2D eigenvalue weighted by atomic mass is 19.4. The van der Waals surface area contributed by atoms with E-state index < -0.39 is 31.3 Å². The third-order valence-corrected chi connectivity index (χ3v) is 7.09. The number of alkyl halides is 6. The molecular formula is C28H27F6N7O2. The van der Waals surface area contributed by atoms with Crippen molar-refractivity contribution >= 4 is 16.9 Å². The van der Waals surface area contributed by atoms with Crippen LogP contribution in [0.5, 0.6) is 5.88 Å². The molecule has 43 heavy (non-hydrogen) atoms. The summed E-state index contributed by atoms with van der Waals surface area (Å²) in [7, 11) is 0. The number of nitrogens with one attached hydrogen (secondary N) is 1. The fraction of sp³-hybridized carbons (Fsp3) is 0.393. The molecule has 228 valence electrons. The van der Waals surface area contributed by atoms with Gasteiger partial charge in [-0.1, -0.05) is 6.07 Å². The normalized spacial score (nSPS) is 15.6. The van der Waals surface area contributed by atoms with Crippen LogP contribution in [-0.4, -0.2) is 85.8 Å². The SMILES string of the molecule is CC(c1ccnc(Cc2nc3ccc(-c4cc(OCC(F)(F)F)ncn4)cc3[nH]2)c1)N1CCN(C(=O)CC(F)(F)F)CC1. The third-order valence-electron chi connectivity index (χ3n) is 7.09. The average Bonchev–Trinajstić information content (AvgIpc) is 3.36. The molecule has 1 atom stereocenters. The Hall–Kier alpha value is -4.27. The second kappa shape index (κ2) is 12.1. The summed E-state index contributed by atoms with van der Waals surface area (Å²) in [5.74, 6) is -0.441. The Kier molecular flexibility index (Phi) is 8.53. The van der Waals surface area contributed by atoms with Crippen molar-refractivity contribution in [2.45, 2.75) is 38.2 Å². The maximum absolute atomic E-state index is 12.6. The van der Waals surface area contributed by atoms with Gasteiger partial charge in [0, 0.05) is 62.2 Å². The van der Waals surface area contributed by atoms with Gasteiger partial charge in [-0.25, -0.2) is 15.0 Å². The van der Waals surface area contributed by atoms with Crippen molar-refractivity contribution in [3.63, 3.8) is 0 Å². The summed E-state index contributed by atoms with van der Waals surface area (Å²) in [5.41, 5.74) is 4.14. The molecule has 4 aromatic rings. The van der Waals surface area contributed by atoms with E-state index >= 15 is 0 Å². The molecular weight excluding hydrogens is 580 g/mol. The zero-order chi connectivity index (χ0) is 30.8. The molecule has 9 nitrogen and oxygen atoms in total. The van der Waals surface area contributed by atoms with Crippen molar-refractivity contribution in [3.8, 4) is 17.1 Å². The quantitative estimate of drug-likeness (QED) is 0.278. The van der Waals surface area contributed by atoms with Crippen molar-refractivity contribution in [2.75, 3.05) is 32.8 Å². The van der Waals surface area contributed by atoms with Gasteiger partial charge in [0.15, 0.2) is 6.61 Å². The Labute approximate surface area is 241 Å². The Morgan fingerprint density at radius 1 is 0.977 bits per heavy atom. The van der Waals surface area contributed by atoms with Crippen LogP contribution < -0.4 is 4.74 Å². The molecule has 0 spiro atoms. The first-order valence-corrected chi connectivity index (χ1v) is 13.4. The van der Waals surface area contributed by atoms with Gasteiger partial charge in [-0.05, 0) is 36.8 Å². The van der Waals surface area contributed by atoms with Crippen LogP contribution in [0.15, 0.2) is 48.9 Å². The summed E-state index contributed by atoms with van der Waals surface area (Å²) in [6.45, 7) is 1.92. The molecule has 0 bridgehead atoms. The van der Waals surface area contributed by atoms with E-state index in [2.05, 4.69) is 29.8 Å². The largest absolute Gasteiger partial charge is 0.468 e. The Bertz CT molecular complexity index is 1580. The second-order valence-corrected chi connectivity index (χ2v) is 10.2. The van der Waals surface area contributed by atoms with E-state index in [1.54, 1.807) is 24.4 Å². The molecule has 1 saturated heterocycles. The van der Waals surface area contributed by atoms with Crippen LogP contribution in [0.1, 0.15) is 36.5 Å². The van der Waals surface area contributed by atoms with Crippen molar-refractivity contribution in [1.82, 2.24) is 34.7 Å². The molecule has 15 heteroatoms. The lowest BCUT2D eigenvalue weighted by molar-refractivity contribution is -0.162. The van der Waals surface area contributed by atoms with Crippen LogP contribution in [0, 0.1) is 0 Å². The average molecular weight is 608 g/mol. The molecule has 1 aliphatic rings. The number of benzene rings is 1. The summed E-state index contributed by atoms with van der Waals surface area (Å²) >= 11 is 0. The van der Waals surface area contributed by atoms with E-state index in [0.717, 1.165) is 17.6 Å². The lowest BCUT2D eigenvalue weighted by atomic mass is 10.1. The number of hydrogen-bond donors (Lipinski definition) is 1. The highest BCUT2D eigenvalue weighted by Crippen LogP contribution is 2.27. The minimum absolute atomic E-state index is 0.0438. The molecule has 1 fully saturated rings. The van der Waals surface area contributed by atoms with Crippen molar-refractivity contribution in [3.05, 3.63) is 66.0 Å². The number of ether oxygens (including phenoxy) is 1. The molecule has 5 rings (SSSR count). The number of carbonyl (C=O) groups excluding carboxylic acids is 1. The van der Waals surface area contributed by atoms with Crippen molar-refractivity contribution in [1.29, 1.82) is 0 Å². The number of aromatic amines is 1. The minimum Gasteiger partial charge on any atom is -0.468 e. The maximum atomic E-state index is 12.6. The van der Waals surface area contributed by atoms with Crippen LogP contribution >= 0.6 is 0 Å². The third kappa shape index (κ3) is 7.97. The fourth-order valence-electron chi connectivity index (χ4n) is 4.92. The lowest BCUT2D eigenvalue weighted by Gasteiger charge is -2.38. The van der Waals surface area contributed by atoms with Gasteiger partial charge in [0.05, 0.1) is 16.7 Å². The summed E-state index contributed by atoms with van der Waals surface area (Å²) in [6.07, 6.45) is -7.22. The first-order chi connectivity index (χ1) is 20.3. The highest BCUT2D eigenvalue weighted by Gasteiger charge is 2.35. The van der Waals surface area contributed by atoms with Crippen molar-refractivity contribution < 1.29 is 35.9 Å². The number of hydrogen-bond acceptors (Lipinski definition) is 7. The molecule has 3 aromatic heterocycles. The van der Waals surface area contributed by atoms with Gasteiger partial charge in [-0.2, -0.15) is 26.3 Å². The molecule has 1 aliphatic heterocycles. The van der Waals surface area contributed by atoms with E-state index in [9.17, 15) is 31.1 Å². The Balaban J connectivity index is 1.23. The molecule has 1 amide bonds. The van der Waals surface area contributed by atoms with Gasteiger partial charge in [0.2, 0.25) is 11.8 Å². The Morgan fingerprint density at radius 3 is 2.47 bits per heavy atom. The van der Waals surface area contributed by atoms with E-state index in [1.165, 1.54) is 11.0 Å². The first-order valence-electron chi connectivity index (χ1n) is 13.4. The predicted molar refractivity (Wildman–Crippen MR) is 143 cm³/mol. The number of piperazine rings is 1. The van der Waals surface area contributed by atoms with Gasteiger partial charge in [0.1, 0.15) is 18.6 Å². The number of imidazole rings is 1. The maximum Gasteiger partial charge on any atom is 0.422 e. The van der Waals surface area contributed by atoms with Gasteiger partial charge in [0.25, 0.3) is 0 Å². The summed E-state index contributed by atoms with van der Waals surface area (Å²) in [4.78, 5) is 35.5. The first kappa shape index (κ1) is 30.2. The van der Waals surface area contributed by atoms with Crippen molar-refractivity contribution in [2.24, 2.45) is 0 Å².